The Morgan fingerprint density at radius 2 is 1.95 bits per heavy atom. The first-order valence-electron chi connectivity index (χ1n) is 6.04. The molecule has 0 aliphatic heterocycles. The van der Waals surface area contributed by atoms with Gasteiger partial charge in [0.15, 0.2) is 0 Å². The maximum absolute atomic E-state index is 12.0. The van der Waals surface area contributed by atoms with E-state index in [0.717, 1.165) is 9.35 Å². The molecule has 2 rings (SSSR count). The average molecular weight is 369 g/mol. The molecule has 0 atom stereocenters. The normalized spacial score (nSPS) is 10.2. The molecule has 2 aromatic rings. The van der Waals surface area contributed by atoms with Gasteiger partial charge in [-0.15, -0.1) is 11.3 Å². The Balaban J connectivity index is 1.95. The highest BCUT2D eigenvalue weighted by Gasteiger charge is 2.11. The molecule has 0 saturated heterocycles. The van der Waals surface area contributed by atoms with E-state index in [-0.39, 0.29) is 11.8 Å². The van der Waals surface area contributed by atoms with Gasteiger partial charge in [0, 0.05) is 12.7 Å². The number of hydrazine groups is 1. The topological polar surface area (TPSA) is 67.4 Å². The Kier molecular flexibility index (Phi) is 5.49. The molecule has 110 valence electrons. The Morgan fingerprint density at radius 1 is 1.19 bits per heavy atom. The number of nitrogens with one attached hydrogen (secondary N) is 2. The van der Waals surface area contributed by atoms with Gasteiger partial charge < -0.3 is 4.74 Å². The first-order chi connectivity index (χ1) is 10.1. The second-order valence-electron chi connectivity index (χ2n) is 4.15. The Labute approximate surface area is 134 Å². The average Bonchev–Trinajstić information content (AvgIpc) is 2.92. The number of benzene rings is 1. The number of rotatable bonds is 4. The molecule has 1 heterocycles. The quantitative estimate of drug-likeness (QED) is 0.815. The molecule has 5 nitrogen and oxygen atoms in total. The number of amides is 2. The van der Waals surface area contributed by atoms with Crippen LogP contribution in [0.15, 0.2) is 40.2 Å². The number of carbonyl (C=O) groups is 2. The summed E-state index contributed by atoms with van der Waals surface area (Å²) < 4.78 is 5.87. The maximum atomic E-state index is 12.0. The monoisotopic (exact) mass is 368 g/mol. The third-order valence-electron chi connectivity index (χ3n) is 2.59. The highest BCUT2D eigenvalue weighted by Crippen LogP contribution is 2.21. The summed E-state index contributed by atoms with van der Waals surface area (Å²) in [7, 11) is 1.59. The molecule has 0 saturated carbocycles. The maximum Gasteiger partial charge on any atom is 0.279 e. The third kappa shape index (κ3) is 4.38. The zero-order valence-electron chi connectivity index (χ0n) is 11.2. The minimum absolute atomic E-state index is 0.355. The number of halogens is 1. The van der Waals surface area contributed by atoms with Crippen LogP contribution < -0.4 is 10.9 Å². The number of hydrogen-bond acceptors (Lipinski definition) is 4. The minimum Gasteiger partial charge on any atom is -0.380 e. The summed E-state index contributed by atoms with van der Waals surface area (Å²) in [4.78, 5) is 24.3. The summed E-state index contributed by atoms with van der Waals surface area (Å²) in [6.07, 6.45) is 0. The lowest BCUT2D eigenvalue weighted by molar-refractivity contribution is 0.0848. The van der Waals surface area contributed by atoms with Crippen molar-refractivity contribution in [3.05, 3.63) is 56.2 Å². The molecule has 7 heteroatoms. The van der Waals surface area contributed by atoms with Crippen molar-refractivity contribution in [3.63, 3.8) is 0 Å². The Morgan fingerprint density at radius 3 is 2.62 bits per heavy atom. The van der Waals surface area contributed by atoms with Gasteiger partial charge in [-0.1, -0.05) is 12.1 Å². The van der Waals surface area contributed by atoms with Crippen molar-refractivity contribution < 1.29 is 14.3 Å². The van der Waals surface area contributed by atoms with Gasteiger partial charge in [0.1, 0.15) is 0 Å². The molecular formula is C14H13BrN2O3S. The van der Waals surface area contributed by atoms with Gasteiger partial charge in [-0.2, -0.15) is 0 Å². The standard InChI is InChI=1S/C14H13BrN2O3S/c1-20-8-9-3-2-4-10(7-9)13(18)16-17-14(19)11-5-6-12(15)21-11/h2-7H,8H2,1H3,(H,16,18)(H,17,19). The van der Waals surface area contributed by atoms with E-state index in [9.17, 15) is 9.59 Å². The molecule has 1 aromatic carbocycles. The SMILES string of the molecule is COCc1cccc(C(=O)NNC(=O)c2ccc(Br)s2)c1. The summed E-state index contributed by atoms with van der Waals surface area (Å²) >= 11 is 4.57. The van der Waals surface area contributed by atoms with E-state index in [1.807, 2.05) is 6.07 Å². The van der Waals surface area contributed by atoms with Crippen molar-refractivity contribution in [3.8, 4) is 0 Å². The van der Waals surface area contributed by atoms with E-state index in [1.54, 1.807) is 37.4 Å². The van der Waals surface area contributed by atoms with Crippen LogP contribution >= 0.6 is 27.3 Å². The van der Waals surface area contributed by atoms with Crippen LogP contribution in [0.3, 0.4) is 0 Å². The van der Waals surface area contributed by atoms with Crippen LogP contribution in [0.1, 0.15) is 25.6 Å². The Bertz CT molecular complexity index is 657. The van der Waals surface area contributed by atoms with Gasteiger partial charge >= 0.3 is 0 Å². The largest absolute Gasteiger partial charge is 0.380 e. The zero-order valence-corrected chi connectivity index (χ0v) is 13.6. The predicted molar refractivity (Wildman–Crippen MR) is 84.1 cm³/mol. The fraction of sp³-hybridized carbons (Fsp3) is 0.143. The summed E-state index contributed by atoms with van der Waals surface area (Å²) in [6, 6.07) is 10.5. The Hall–Kier alpha value is -1.70. The molecule has 0 aliphatic rings. The number of hydrogen-bond donors (Lipinski definition) is 2. The minimum atomic E-state index is -0.378. The second-order valence-corrected chi connectivity index (χ2v) is 6.61. The lowest BCUT2D eigenvalue weighted by Gasteiger charge is -2.07. The number of ether oxygens (including phenoxy) is 1. The first-order valence-corrected chi connectivity index (χ1v) is 7.65. The lowest BCUT2D eigenvalue weighted by atomic mass is 10.1. The van der Waals surface area contributed by atoms with E-state index in [0.29, 0.717) is 17.0 Å². The van der Waals surface area contributed by atoms with Crippen LogP contribution in [0.4, 0.5) is 0 Å². The predicted octanol–water partition coefficient (Wildman–Crippen LogP) is 2.73. The highest BCUT2D eigenvalue weighted by molar-refractivity contribution is 9.11. The fourth-order valence-corrected chi connectivity index (χ4v) is 2.93. The van der Waals surface area contributed by atoms with Crippen molar-refractivity contribution >= 4 is 39.1 Å². The molecule has 2 N–H and O–H groups in total. The molecule has 0 bridgehead atoms. The molecule has 0 fully saturated rings. The molecule has 0 unspecified atom stereocenters. The summed E-state index contributed by atoms with van der Waals surface area (Å²) in [5, 5.41) is 0. The molecule has 0 aliphatic carbocycles. The van der Waals surface area contributed by atoms with Crippen LogP contribution in [-0.2, 0) is 11.3 Å². The van der Waals surface area contributed by atoms with Crippen molar-refractivity contribution in [1.82, 2.24) is 10.9 Å². The molecule has 0 spiro atoms. The van der Waals surface area contributed by atoms with Gasteiger partial charge in [-0.25, -0.2) is 0 Å². The van der Waals surface area contributed by atoms with E-state index < -0.39 is 0 Å². The van der Waals surface area contributed by atoms with Gasteiger partial charge in [-0.3, -0.25) is 20.4 Å². The zero-order chi connectivity index (χ0) is 15.2. The van der Waals surface area contributed by atoms with Gasteiger partial charge in [0.05, 0.1) is 15.3 Å². The molecule has 21 heavy (non-hydrogen) atoms. The molecule has 2 amide bonds. The summed E-state index contributed by atoms with van der Waals surface area (Å²) in [6.45, 7) is 0.427. The van der Waals surface area contributed by atoms with Crippen molar-refractivity contribution in [2.45, 2.75) is 6.61 Å². The van der Waals surface area contributed by atoms with Crippen LogP contribution in [0, 0.1) is 0 Å². The van der Waals surface area contributed by atoms with Gasteiger partial charge in [-0.05, 0) is 45.8 Å². The fourth-order valence-electron chi connectivity index (χ4n) is 1.65. The van der Waals surface area contributed by atoms with E-state index >= 15 is 0 Å². The number of thiophene rings is 1. The van der Waals surface area contributed by atoms with Crippen LogP contribution in [-0.4, -0.2) is 18.9 Å². The molecule has 1 aromatic heterocycles. The molecule has 0 radical (unpaired) electrons. The van der Waals surface area contributed by atoms with E-state index in [4.69, 9.17) is 4.74 Å². The summed E-state index contributed by atoms with van der Waals surface area (Å²) in [5.74, 6) is -0.732. The lowest BCUT2D eigenvalue weighted by Crippen LogP contribution is -2.41. The van der Waals surface area contributed by atoms with Crippen LogP contribution in [0.5, 0.6) is 0 Å². The smallest absolute Gasteiger partial charge is 0.279 e. The van der Waals surface area contributed by atoms with E-state index in [2.05, 4.69) is 26.8 Å². The van der Waals surface area contributed by atoms with Gasteiger partial charge in [0.25, 0.3) is 11.8 Å². The second kappa shape index (κ2) is 7.35. The summed E-state index contributed by atoms with van der Waals surface area (Å²) in [5.41, 5.74) is 6.11. The first kappa shape index (κ1) is 15.7. The van der Waals surface area contributed by atoms with Crippen molar-refractivity contribution in [1.29, 1.82) is 0 Å². The van der Waals surface area contributed by atoms with Gasteiger partial charge in [0.2, 0.25) is 0 Å². The highest BCUT2D eigenvalue weighted by atomic mass is 79.9. The van der Waals surface area contributed by atoms with E-state index in [1.165, 1.54) is 11.3 Å². The molecular weight excluding hydrogens is 356 g/mol. The van der Waals surface area contributed by atoms with Crippen LogP contribution in [0.2, 0.25) is 0 Å². The van der Waals surface area contributed by atoms with Crippen LogP contribution in [0.25, 0.3) is 0 Å². The third-order valence-corrected chi connectivity index (χ3v) is 4.21. The number of methoxy groups -OCH3 is 1. The number of carbonyl (C=O) groups excluding carboxylic acids is 2. The van der Waals surface area contributed by atoms with Crippen molar-refractivity contribution in [2.24, 2.45) is 0 Å². The van der Waals surface area contributed by atoms with Crippen molar-refractivity contribution in [2.75, 3.05) is 7.11 Å².